The maximum absolute atomic E-state index is 12.4. The number of hydrogen-bond acceptors (Lipinski definition) is 11. The largest absolute Gasteiger partial charge is 0.383 e. The van der Waals surface area contributed by atoms with Gasteiger partial charge in [-0.25, -0.2) is 20.0 Å². The van der Waals surface area contributed by atoms with Crippen molar-refractivity contribution in [1.82, 2.24) is 29.3 Å². The van der Waals surface area contributed by atoms with Crippen molar-refractivity contribution in [2.45, 2.75) is 6.17 Å². The van der Waals surface area contributed by atoms with Gasteiger partial charge in [0.05, 0.1) is 17.1 Å². The molecule has 3 aliphatic rings. The highest BCUT2D eigenvalue weighted by Crippen LogP contribution is 2.47. The second-order valence-corrected chi connectivity index (χ2v) is 10.1. The number of piperazine rings is 1. The van der Waals surface area contributed by atoms with Gasteiger partial charge in [-0.2, -0.15) is 5.26 Å². The van der Waals surface area contributed by atoms with Crippen LogP contribution in [0.4, 0.5) is 17.3 Å². The van der Waals surface area contributed by atoms with E-state index in [1.165, 1.54) is 0 Å². The first-order chi connectivity index (χ1) is 19.4. The minimum absolute atomic E-state index is 0.0867. The number of amidine groups is 1. The molecule has 2 N–H and O–H groups in total. The van der Waals surface area contributed by atoms with Crippen LogP contribution in [0, 0.1) is 11.3 Å². The summed E-state index contributed by atoms with van der Waals surface area (Å²) >= 11 is 0. The van der Waals surface area contributed by atoms with Gasteiger partial charge >= 0.3 is 0 Å². The highest BCUT2D eigenvalue weighted by Gasteiger charge is 2.42. The van der Waals surface area contributed by atoms with Crippen molar-refractivity contribution < 1.29 is 0 Å². The number of aromatic nitrogens is 3. The molecule has 1 fully saturated rings. The molecule has 0 saturated carbocycles. The number of nitrogens with zero attached hydrogens (tertiary/aromatic N) is 10. The number of pyridine rings is 3. The van der Waals surface area contributed by atoms with Crippen LogP contribution in [-0.2, 0) is 7.05 Å². The third kappa shape index (κ3) is 4.20. The molecule has 0 radical (unpaired) electrons. The van der Waals surface area contributed by atoms with E-state index in [9.17, 15) is 10.1 Å². The normalized spacial score (nSPS) is 19.3. The van der Waals surface area contributed by atoms with Crippen LogP contribution < -0.4 is 21.2 Å². The van der Waals surface area contributed by atoms with Crippen molar-refractivity contribution in [3.05, 3.63) is 76.5 Å². The van der Waals surface area contributed by atoms with E-state index in [2.05, 4.69) is 41.9 Å². The number of anilines is 3. The first-order valence-electron chi connectivity index (χ1n) is 13.2. The number of hydrazine groups is 1. The molecule has 12 heteroatoms. The molecule has 0 spiro atoms. The standard InChI is InChI=1S/C28H31N11O/c1-34-13-11-23(33-24(34)18-29)37-14-16-38(17-15-37)39-27-22(36(3)28(39)19-6-5-12-31-26(19)30)10-9-20(32-27)21-7-4-8-25(40)35(21)2/h4-12,28H,13-17H2,1-3H3,(H2,30,31). The zero-order chi connectivity index (χ0) is 28.0. The van der Waals surface area contributed by atoms with Crippen molar-refractivity contribution in [3.8, 4) is 17.5 Å². The molecule has 3 aromatic rings. The number of rotatable bonds is 4. The average Bonchev–Trinajstić information content (AvgIpc) is 3.26. The highest BCUT2D eigenvalue weighted by molar-refractivity contribution is 5.97. The van der Waals surface area contributed by atoms with Crippen LogP contribution in [0.5, 0.6) is 0 Å². The van der Waals surface area contributed by atoms with Crippen molar-refractivity contribution >= 4 is 23.2 Å². The fourth-order valence-corrected chi connectivity index (χ4v) is 5.53. The first kappa shape index (κ1) is 25.4. The van der Waals surface area contributed by atoms with E-state index in [0.717, 1.165) is 41.7 Å². The van der Waals surface area contributed by atoms with Gasteiger partial charge in [0.1, 0.15) is 23.9 Å². The molecule has 40 heavy (non-hydrogen) atoms. The molecule has 12 nitrogen and oxygen atoms in total. The van der Waals surface area contributed by atoms with Gasteiger partial charge in [0.2, 0.25) is 5.84 Å². The Bertz CT molecular complexity index is 1610. The fraction of sp³-hybridized carbons (Fsp3) is 0.321. The summed E-state index contributed by atoms with van der Waals surface area (Å²) in [5.74, 6) is 2.53. The molecule has 204 valence electrons. The number of likely N-dealkylation sites (N-methyl/N-ethyl adjacent to an activating group) is 1. The Balaban J connectivity index is 1.36. The number of nitrogen functional groups attached to an aromatic ring is 1. The predicted molar refractivity (Wildman–Crippen MR) is 154 cm³/mol. The Morgan fingerprint density at radius 3 is 2.58 bits per heavy atom. The summed E-state index contributed by atoms with van der Waals surface area (Å²) in [5.41, 5.74) is 9.62. The van der Waals surface area contributed by atoms with E-state index < -0.39 is 0 Å². The van der Waals surface area contributed by atoms with E-state index in [0.29, 0.717) is 37.0 Å². The molecular weight excluding hydrogens is 506 g/mol. The molecule has 1 saturated heterocycles. The number of hydrogen-bond donors (Lipinski definition) is 1. The molecular formula is C28H31N11O. The Morgan fingerprint density at radius 2 is 1.82 bits per heavy atom. The summed E-state index contributed by atoms with van der Waals surface area (Å²) in [5, 5.41) is 13.9. The maximum atomic E-state index is 12.4. The van der Waals surface area contributed by atoms with Crippen LogP contribution in [0.25, 0.3) is 11.4 Å². The highest BCUT2D eigenvalue weighted by atomic mass is 16.1. The number of aliphatic imine (C=N–C) groups is 1. The van der Waals surface area contributed by atoms with E-state index in [4.69, 9.17) is 10.7 Å². The number of nitrogens with two attached hydrogens (primary N) is 1. The Kier molecular flexibility index (Phi) is 6.36. The molecule has 0 amide bonds. The van der Waals surface area contributed by atoms with Gasteiger partial charge in [-0.15, -0.1) is 0 Å². The van der Waals surface area contributed by atoms with Crippen LogP contribution in [-0.4, -0.2) is 82.0 Å². The molecule has 0 aliphatic carbocycles. The second-order valence-electron chi connectivity index (χ2n) is 10.1. The van der Waals surface area contributed by atoms with Crippen LogP contribution in [0.2, 0.25) is 0 Å². The van der Waals surface area contributed by atoms with Crippen molar-refractivity contribution in [1.29, 1.82) is 5.26 Å². The van der Waals surface area contributed by atoms with Gasteiger partial charge in [-0.3, -0.25) is 9.80 Å². The summed E-state index contributed by atoms with van der Waals surface area (Å²) in [6.07, 6.45) is 3.51. The maximum Gasteiger partial charge on any atom is 0.250 e. The lowest BCUT2D eigenvalue weighted by molar-refractivity contribution is 0.134. The summed E-state index contributed by atoms with van der Waals surface area (Å²) in [7, 11) is 5.66. The van der Waals surface area contributed by atoms with E-state index >= 15 is 0 Å². The Labute approximate surface area is 232 Å². The molecule has 6 heterocycles. The van der Waals surface area contributed by atoms with Gasteiger partial charge in [0.25, 0.3) is 5.56 Å². The van der Waals surface area contributed by atoms with Crippen LogP contribution in [0.15, 0.2) is 70.3 Å². The number of fused-ring (bicyclic) bond motifs is 1. The van der Waals surface area contributed by atoms with Crippen LogP contribution in [0.3, 0.4) is 0 Å². The second kappa shape index (κ2) is 10.0. The Morgan fingerprint density at radius 1 is 1.02 bits per heavy atom. The topological polar surface area (TPSA) is 126 Å². The Hall–Kier alpha value is -4.89. The van der Waals surface area contributed by atoms with Crippen LogP contribution in [0.1, 0.15) is 11.7 Å². The van der Waals surface area contributed by atoms with Crippen molar-refractivity contribution in [3.63, 3.8) is 0 Å². The third-order valence-corrected chi connectivity index (χ3v) is 7.76. The smallest absolute Gasteiger partial charge is 0.250 e. The van der Waals surface area contributed by atoms with E-state index in [-0.39, 0.29) is 11.7 Å². The zero-order valence-electron chi connectivity index (χ0n) is 22.8. The van der Waals surface area contributed by atoms with E-state index in [1.807, 2.05) is 49.3 Å². The monoisotopic (exact) mass is 537 g/mol. The van der Waals surface area contributed by atoms with Gasteiger partial charge in [0.15, 0.2) is 5.82 Å². The van der Waals surface area contributed by atoms with Gasteiger partial charge in [-0.1, -0.05) is 6.07 Å². The predicted octanol–water partition coefficient (Wildman–Crippen LogP) is 1.62. The third-order valence-electron chi connectivity index (χ3n) is 7.76. The zero-order valence-corrected chi connectivity index (χ0v) is 22.8. The summed E-state index contributed by atoms with van der Waals surface area (Å²) in [6, 6.07) is 15.3. The molecule has 6 rings (SSSR count). The average molecular weight is 538 g/mol. The molecule has 0 bridgehead atoms. The summed E-state index contributed by atoms with van der Waals surface area (Å²) in [4.78, 5) is 32.6. The lowest BCUT2D eigenvalue weighted by atomic mass is 10.2. The number of nitriles is 1. The molecule has 3 aliphatic heterocycles. The van der Waals surface area contributed by atoms with Crippen molar-refractivity contribution in [2.75, 3.05) is 62.5 Å². The SMILES string of the molecule is CN1CC=C(N2CCN(N3c4nc(-c5cccc(=O)n5C)ccc4N(C)C3c3cccnc3N)CC2)N=C1C#N. The summed E-state index contributed by atoms with van der Waals surface area (Å²) in [6.45, 7) is 3.54. The minimum atomic E-state index is -0.247. The van der Waals surface area contributed by atoms with Gasteiger partial charge in [0, 0.05) is 71.7 Å². The lowest BCUT2D eigenvalue weighted by Gasteiger charge is -2.44. The van der Waals surface area contributed by atoms with Gasteiger partial charge in [-0.05, 0) is 36.4 Å². The van der Waals surface area contributed by atoms with Crippen molar-refractivity contribution in [2.24, 2.45) is 12.0 Å². The molecule has 1 atom stereocenters. The minimum Gasteiger partial charge on any atom is -0.383 e. The fourth-order valence-electron chi connectivity index (χ4n) is 5.53. The van der Waals surface area contributed by atoms with Crippen LogP contribution >= 0.6 is 0 Å². The lowest BCUT2D eigenvalue weighted by Crippen LogP contribution is -2.55. The quantitative estimate of drug-likeness (QED) is 0.525. The first-order valence-corrected chi connectivity index (χ1v) is 13.2. The molecule has 1 unspecified atom stereocenters. The van der Waals surface area contributed by atoms with Gasteiger partial charge < -0.3 is 25.0 Å². The summed E-state index contributed by atoms with van der Waals surface area (Å²) < 4.78 is 1.61. The molecule has 0 aromatic carbocycles. The van der Waals surface area contributed by atoms with E-state index in [1.54, 1.807) is 29.9 Å². The molecule has 3 aromatic heterocycles.